The Bertz CT molecular complexity index is 432. The van der Waals surface area contributed by atoms with Crippen LogP contribution in [0.5, 0.6) is 0 Å². The van der Waals surface area contributed by atoms with E-state index in [9.17, 15) is 4.79 Å². The minimum atomic E-state index is 0.117. The van der Waals surface area contributed by atoms with Gasteiger partial charge < -0.3 is 15.5 Å². The van der Waals surface area contributed by atoms with Crippen LogP contribution in [0.2, 0.25) is 0 Å². The summed E-state index contributed by atoms with van der Waals surface area (Å²) in [6, 6.07) is 1.92. The first-order valence-corrected chi connectivity index (χ1v) is 6.81. The van der Waals surface area contributed by atoms with Crippen molar-refractivity contribution in [1.29, 1.82) is 0 Å². The molecule has 98 valence electrons. The Morgan fingerprint density at radius 2 is 2.28 bits per heavy atom. The zero-order chi connectivity index (χ0) is 13.0. The van der Waals surface area contributed by atoms with Gasteiger partial charge >= 0.3 is 0 Å². The van der Waals surface area contributed by atoms with Gasteiger partial charge in [-0.3, -0.25) is 4.79 Å². The molecular formula is C12H17BrN4O. The molecule has 0 atom stereocenters. The van der Waals surface area contributed by atoms with Gasteiger partial charge in [0, 0.05) is 32.4 Å². The monoisotopic (exact) mass is 312 g/mol. The highest BCUT2D eigenvalue weighted by molar-refractivity contribution is 9.10. The van der Waals surface area contributed by atoms with E-state index in [2.05, 4.69) is 31.5 Å². The normalized spacial score (nSPS) is 15.6. The van der Waals surface area contributed by atoms with Gasteiger partial charge in [-0.05, 0) is 34.5 Å². The number of nitrogens with zero attached hydrogens (tertiary/aromatic N) is 2. The number of hydrogen-bond donors (Lipinski definition) is 2. The minimum absolute atomic E-state index is 0.117. The van der Waals surface area contributed by atoms with Crippen molar-refractivity contribution in [3.05, 3.63) is 22.3 Å². The van der Waals surface area contributed by atoms with Crippen molar-refractivity contribution < 1.29 is 4.79 Å². The lowest BCUT2D eigenvalue weighted by molar-refractivity contribution is -0.129. The van der Waals surface area contributed by atoms with Gasteiger partial charge in [0.2, 0.25) is 5.91 Å². The predicted molar refractivity (Wildman–Crippen MR) is 74.6 cm³/mol. The third-order valence-electron chi connectivity index (χ3n) is 2.96. The van der Waals surface area contributed by atoms with Gasteiger partial charge in [0.15, 0.2) is 0 Å². The highest BCUT2D eigenvalue weighted by Crippen LogP contribution is 2.22. The molecule has 0 saturated carbocycles. The summed E-state index contributed by atoms with van der Waals surface area (Å²) >= 11 is 3.47. The van der Waals surface area contributed by atoms with Gasteiger partial charge in [-0.1, -0.05) is 0 Å². The van der Waals surface area contributed by atoms with Gasteiger partial charge in [-0.25, -0.2) is 4.98 Å². The summed E-state index contributed by atoms with van der Waals surface area (Å²) in [6.45, 7) is 5.59. The molecule has 2 N–H and O–H groups in total. The zero-order valence-electron chi connectivity index (χ0n) is 10.4. The van der Waals surface area contributed by atoms with Crippen molar-refractivity contribution >= 4 is 27.7 Å². The highest BCUT2D eigenvalue weighted by Gasteiger charge is 2.16. The fourth-order valence-electron chi connectivity index (χ4n) is 1.85. The van der Waals surface area contributed by atoms with Crippen molar-refractivity contribution in [3.8, 4) is 0 Å². The van der Waals surface area contributed by atoms with E-state index in [0.29, 0.717) is 0 Å². The summed E-state index contributed by atoms with van der Waals surface area (Å²) in [4.78, 5) is 18.0. The molecule has 0 spiro atoms. The lowest BCUT2D eigenvalue weighted by atomic mass is 10.3. The summed E-state index contributed by atoms with van der Waals surface area (Å²) in [5.74, 6) is 0.838. The number of halogens is 1. The van der Waals surface area contributed by atoms with E-state index in [0.717, 1.165) is 42.0 Å². The first-order chi connectivity index (χ1) is 8.68. The average Bonchev–Trinajstić information content (AvgIpc) is 2.41. The molecule has 0 bridgehead atoms. The Morgan fingerprint density at radius 1 is 1.56 bits per heavy atom. The largest absolute Gasteiger partial charge is 0.360 e. The molecule has 0 radical (unpaired) electrons. The molecular weight excluding hydrogens is 296 g/mol. The number of nitrogens with one attached hydrogen (secondary N) is 2. The van der Waals surface area contributed by atoms with Crippen LogP contribution in [0.3, 0.4) is 0 Å². The standard InChI is InChI=1S/C12H17BrN4O/c1-9-2-3-15-12(11(9)13)16-8-10(18)17-6-4-14-5-7-17/h2-3,14H,4-8H2,1H3,(H,15,16). The van der Waals surface area contributed by atoms with Crippen molar-refractivity contribution in [2.45, 2.75) is 6.92 Å². The molecule has 1 saturated heterocycles. The smallest absolute Gasteiger partial charge is 0.242 e. The van der Waals surface area contributed by atoms with Crippen LogP contribution in [-0.4, -0.2) is 48.5 Å². The van der Waals surface area contributed by atoms with Gasteiger partial charge in [-0.2, -0.15) is 0 Å². The van der Waals surface area contributed by atoms with Gasteiger partial charge in [0.05, 0.1) is 11.0 Å². The van der Waals surface area contributed by atoms with Crippen molar-refractivity contribution in [2.24, 2.45) is 0 Å². The number of anilines is 1. The van der Waals surface area contributed by atoms with Crippen LogP contribution in [0, 0.1) is 6.92 Å². The highest BCUT2D eigenvalue weighted by atomic mass is 79.9. The second-order valence-electron chi connectivity index (χ2n) is 4.27. The molecule has 0 unspecified atom stereocenters. The number of aromatic nitrogens is 1. The summed E-state index contributed by atoms with van der Waals surface area (Å²) in [5, 5.41) is 6.31. The molecule has 2 rings (SSSR count). The SMILES string of the molecule is Cc1ccnc(NCC(=O)N2CCNCC2)c1Br. The molecule has 0 aromatic carbocycles. The number of hydrogen-bond acceptors (Lipinski definition) is 4. The van der Waals surface area contributed by atoms with Gasteiger partial charge in [0.1, 0.15) is 5.82 Å². The third kappa shape index (κ3) is 3.20. The lowest BCUT2D eigenvalue weighted by Gasteiger charge is -2.27. The Labute approximate surface area is 115 Å². The maximum Gasteiger partial charge on any atom is 0.242 e. The van der Waals surface area contributed by atoms with E-state index < -0.39 is 0 Å². The molecule has 1 fully saturated rings. The second kappa shape index (κ2) is 6.15. The van der Waals surface area contributed by atoms with Crippen molar-refractivity contribution in [2.75, 3.05) is 38.0 Å². The van der Waals surface area contributed by atoms with E-state index in [-0.39, 0.29) is 12.5 Å². The van der Waals surface area contributed by atoms with E-state index in [1.54, 1.807) is 6.20 Å². The van der Waals surface area contributed by atoms with Crippen LogP contribution < -0.4 is 10.6 Å². The summed E-state index contributed by atoms with van der Waals surface area (Å²) < 4.78 is 0.915. The fraction of sp³-hybridized carbons (Fsp3) is 0.500. The van der Waals surface area contributed by atoms with Crippen molar-refractivity contribution in [1.82, 2.24) is 15.2 Å². The van der Waals surface area contributed by atoms with E-state index in [1.807, 2.05) is 17.9 Å². The Balaban J connectivity index is 1.90. The number of aryl methyl sites for hydroxylation is 1. The lowest BCUT2D eigenvalue weighted by Crippen LogP contribution is -2.48. The summed E-state index contributed by atoms with van der Waals surface area (Å²) in [7, 11) is 0. The number of piperazine rings is 1. The maximum absolute atomic E-state index is 12.0. The Kier molecular flexibility index (Phi) is 4.54. The first kappa shape index (κ1) is 13.3. The third-order valence-corrected chi connectivity index (χ3v) is 3.96. The zero-order valence-corrected chi connectivity index (χ0v) is 12.0. The number of pyridine rings is 1. The molecule has 6 heteroatoms. The number of rotatable bonds is 3. The second-order valence-corrected chi connectivity index (χ2v) is 5.07. The molecule has 1 amide bonds. The summed E-state index contributed by atoms with van der Waals surface area (Å²) in [5.41, 5.74) is 1.10. The molecule has 0 aliphatic carbocycles. The van der Waals surface area contributed by atoms with Crippen LogP contribution in [0.1, 0.15) is 5.56 Å². The molecule has 5 nitrogen and oxygen atoms in total. The molecule has 2 heterocycles. The number of amides is 1. The summed E-state index contributed by atoms with van der Waals surface area (Å²) in [6.07, 6.45) is 1.73. The van der Waals surface area contributed by atoms with E-state index in [4.69, 9.17) is 0 Å². The van der Waals surface area contributed by atoms with Crippen LogP contribution in [0.25, 0.3) is 0 Å². The predicted octanol–water partition coefficient (Wildman–Crippen LogP) is 0.996. The Morgan fingerprint density at radius 3 is 3.00 bits per heavy atom. The van der Waals surface area contributed by atoms with E-state index >= 15 is 0 Å². The van der Waals surface area contributed by atoms with Crippen LogP contribution in [0.4, 0.5) is 5.82 Å². The van der Waals surface area contributed by atoms with E-state index in [1.165, 1.54) is 0 Å². The van der Waals surface area contributed by atoms with Crippen LogP contribution in [-0.2, 0) is 4.79 Å². The van der Waals surface area contributed by atoms with Gasteiger partial charge in [-0.15, -0.1) is 0 Å². The minimum Gasteiger partial charge on any atom is -0.360 e. The molecule has 1 aliphatic rings. The Hall–Kier alpha value is -1.14. The van der Waals surface area contributed by atoms with Crippen molar-refractivity contribution in [3.63, 3.8) is 0 Å². The molecule has 1 aromatic heterocycles. The first-order valence-electron chi connectivity index (χ1n) is 6.02. The average molecular weight is 313 g/mol. The number of carbonyl (C=O) groups excluding carboxylic acids is 1. The number of carbonyl (C=O) groups is 1. The fourth-order valence-corrected chi connectivity index (χ4v) is 2.22. The molecule has 1 aliphatic heterocycles. The van der Waals surface area contributed by atoms with Crippen LogP contribution in [0.15, 0.2) is 16.7 Å². The maximum atomic E-state index is 12.0. The van der Waals surface area contributed by atoms with Crippen LogP contribution >= 0.6 is 15.9 Å². The topological polar surface area (TPSA) is 57.3 Å². The quantitative estimate of drug-likeness (QED) is 0.874. The molecule has 1 aromatic rings. The van der Waals surface area contributed by atoms with Gasteiger partial charge in [0.25, 0.3) is 0 Å². The molecule has 18 heavy (non-hydrogen) atoms.